The Morgan fingerprint density at radius 3 is 1.21 bits per heavy atom. The molecule has 7 nitrogen and oxygen atoms in total. The summed E-state index contributed by atoms with van der Waals surface area (Å²) in [6.07, 6.45) is 6.15. The summed E-state index contributed by atoms with van der Waals surface area (Å²) in [6, 6.07) is 0. The Bertz CT molecular complexity index is 539. The molecule has 0 aliphatic heterocycles. The maximum absolute atomic E-state index is 10.9. The quantitative estimate of drug-likeness (QED) is 0.257. The van der Waals surface area contributed by atoms with Crippen molar-refractivity contribution >= 4 is 28.8 Å². The molecule has 0 aromatic carbocycles. The van der Waals surface area contributed by atoms with Gasteiger partial charge in [-0.2, -0.15) is 0 Å². The molecular formula is C20H29ClO7. The number of carbonyl (C=O) groups excluding carboxylic acids is 3. The summed E-state index contributed by atoms with van der Waals surface area (Å²) in [5, 5.41) is 15.5. The summed E-state index contributed by atoms with van der Waals surface area (Å²) in [7, 11) is 0. The molecule has 0 aliphatic rings. The van der Waals surface area contributed by atoms with Gasteiger partial charge in [0.15, 0.2) is 0 Å². The molecule has 0 saturated heterocycles. The van der Waals surface area contributed by atoms with Gasteiger partial charge in [-0.1, -0.05) is 31.9 Å². The van der Waals surface area contributed by atoms with Crippen molar-refractivity contribution in [2.75, 3.05) is 26.4 Å². The van der Waals surface area contributed by atoms with E-state index < -0.39 is 17.2 Å². The Labute approximate surface area is 171 Å². The lowest BCUT2D eigenvalue weighted by Gasteiger charge is -2.01. The van der Waals surface area contributed by atoms with Crippen molar-refractivity contribution in [1.82, 2.24) is 0 Å². The summed E-state index contributed by atoms with van der Waals surface area (Å²) in [4.78, 5) is 31.7. The summed E-state index contributed by atoms with van der Waals surface area (Å²) in [5.41, 5.74) is 1.08. The van der Waals surface area contributed by atoms with Crippen LogP contribution < -0.4 is 0 Å². The Hall–Kier alpha value is -2.48. The van der Waals surface area contributed by atoms with Crippen molar-refractivity contribution in [2.45, 2.75) is 20.8 Å². The number of rotatable bonds is 9. The second kappa shape index (κ2) is 20.8. The number of hydrogen-bond donors (Lipinski definition) is 2. The Morgan fingerprint density at radius 1 is 0.750 bits per heavy atom. The summed E-state index contributed by atoms with van der Waals surface area (Å²) < 4.78 is 9.55. The number of hydrogen-bond acceptors (Lipinski definition) is 7. The first-order valence-electron chi connectivity index (χ1n) is 8.03. The molecule has 0 unspecified atom stereocenters. The second-order valence-corrected chi connectivity index (χ2v) is 5.46. The molecule has 0 saturated carbocycles. The minimum Gasteiger partial charge on any atom is -0.458 e. The normalized spacial score (nSPS) is 9.50. The van der Waals surface area contributed by atoms with Gasteiger partial charge in [-0.05, 0) is 44.5 Å². The maximum Gasteiger partial charge on any atom is 0.333 e. The highest BCUT2D eigenvalue weighted by atomic mass is 35.5. The van der Waals surface area contributed by atoms with Crippen LogP contribution in [0.15, 0.2) is 60.8 Å². The molecule has 0 rings (SSSR count). The van der Waals surface area contributed by atoms with Gasteiger partial charge in [0, 0.05) is 16.7 Å². The number of esters is 2. The van der Waals surface area contributed by atoms with E-state index in [0.29, 0.717) is 16.7 Å². The van der Waals surface area contributed by atoms with Crippen LogP contribution in [0.5, 0.6) is 0 Å². The maximum atomic E-state index is 10.9. The van der Waals surface area contributed by atoms with Crippen molar-refractivity contribution in [3.8, 4) is 0 Å². The lowest BCUT2D eigenvalue weighted by molar-refractivity contribution is -0.139. The van der Waals surface area contributed by atoms with Crippen LogP contribution in [0.4, 0.5) is 0 Å². The zero-order chi connectivity index (χ0) is 22.5. The second-order valence-electron chi connectivity index (χ2n) is 5.12. The Kier molecular flexibility index (Phi) is 22.5. The van der Waals surface area contributed by atoms with Crippen LogP contribution in [0.1, 0.15) is 20.8 Å². The molecule has 0 aromatic rings. The molecule has 0 amide bonds. The first kappa shape index (κ1) is 30.3. The Morgan fingerprint density at radius 2 is 1.04 bits per heavy atom. The number of aliphatic hydroxyl groups is 2. The van der Waals surface area contributed by atoms with Crippen molar-refractivity contribution in [3.63, 3.8) is 0 Å². The first-order valence-corrected chi connectivity index (χ1v) is 8.41. The highest BCUT2D eigenvalue weighted by molar-refractivity contribution is 6.67. The van der Waals surface area contributed by atoms with Crippen LogP contribution in [-0.4, -0.2) is 53.8 Å². The molecule has 0 heterocycles. The van der Waals surface area contributed by atoms with Crippen molar-refractivity contribution in [3.05, 3.63) is 60.8 Å². The van der Waals surface area contributed by atoms with E-state index in [1.807, 2.05) is 0 Å². The van der Waals surface area contributed by atoms with Gasteiger partial charge in [-0.3, -0.25) is 4.79 Å². The van der Waals surface area contributed by atoms with Gasteiger partial charge < -0.3 is 19.7 Å². The fourth-order valence-electron chi connectivity index (χ4n) is 0.779. The number of aliphatic hydroxyl groups excluding tert-OH is 2. The number of ether oxygens (including phenoxy) is 2. The molecule has 8 heteroatoms. The van der Waals surface area contributed by atoms with Crippen LogP contribution in [0.2, 0.25) is 0 Å². The standard InChI is InChI=1S/C12H16O4.C4H5ClO.C4H8O2/c1-9(2)11(13)15-7-5-6-8-16-12(14)10(3)4;1-3(2)4(5)6;5-3-1-2-4-6/h5-6H,1,3,7-8H2,2,4H3;1H2,2H3;1-2,5-6H,3-4H2/b6-5-;;2-1-. The lowest BCUT2D eigenvalue weighted by atomic mass is 10.4. The van der Waals surface area contributed by atoms with E-state index >= 15 is 0 Å². The number of halogens is 1. The third-order valence-corrected chi connectivity index (χ3v) is 2.52. The van der Waals surface area contributed by atoms with E-state index in [1.54, 1.807) is 32.9 Å². The van der Waals surface area contributed by atoms with Crippen molar-refractivity contribution in [2.24, 2.45) is 0 Å². The van der Waals surface area contributed by atoms with Gasteiger partial charge in [0.05, 0.1) is 13.2 Å². The molecule has 0 spiro atoms. The average Bonchev–Trinajstić information content (AvgIpc) is 2.63. The van der Waals surface area contributed by atoms with Crippen molar-refractivity contribution in [1.29, 1.82) is 0 Å². The predicted octanol–water partition coefficient (Wildman–Crippen LogP) is 2.64. The molecule has 2 N–H and O–H groups in total. The molecule has 0 radical (unpaired) electrons. The smallest absolute Gasteiger partial charge is 0.333 e. The Balaban J connectivity index is -0.000000426. The summed E-state index contributed by atoms with van der Waals surface area (Å²) in [5.74, 6) is -0.882. The third kappa shape index (κ3) is 25.8. The van der Waals surface area contributed by atoms with Crippen LogP contribution in [0.25, 0.3) is 0 Å². The molecule has 158 valence electrons. The van der Waals surface area contributed by atoms with Gasteiger partial charge in [-0.25, -0.2) is 9.59 Å². The highest BCUT2D eigenvalue weighted by Crippen LogP contribution is 1.94. The highest BCUT2D eigenvalue weighted by Gasteiger charge is 2.01. The number of allylic oxidation sites excluding steroid dienone is 1. The van der Waals surface area contributed by atoms with Gasteiger partial charge in [0.2, 0.25) is 5.24 Å². The molecule has 0 bridgehead atoms. The van der Waals surface area contributed by atoms with Crippen LogP contribution in [-0.2, 0) is 23.9 Å². The minimum absolute atomic E-state index is 0.0144. The van der Waals surface area contributed by atoms with E-state index in [2.05, 4.69) is 19.7 Å². The average molecular weight is 417 g/mol. The van der Waals surface area contributed by atoms with Crippen molar-refractivity contribution < 1.29 is 34.1 Å². The minimum atomic E-state index is -0.463. The predicted molar refractivity (Wildman–Crippen MR) is 110 cm³/mol. The van der Waals surface area contributed by atoms with Gasteiger partial charge >= 0.3 is 11.9 Å². The SMILES string of the molecule is C=C(C)C(=O)Cl.C=C(C)C(=O)OC/C=C\COC(=O)C(=C)C.OC/C=C\CO. The van der Waals surface area contributed by atoms with E-state index in [4.69, 9.17) is 31.3 Å². The fourth-order valence-corrected chi connectivity index (χ4v) is 0.779. The van der Waals surface area contributed by atoms with E-state index in [1.165, 1.54) is 12.2 Å². The van der Waals surface area contributed by atoms with Crippen LogP contribution >= 0.6 is 11.6 Å². The molecule has 0 aliphatic carbocycles. The zero-order valence-electron chi connectivity index (χ0n) is 16.6. The summed E-state index contributed by atoms with van der Waals surface area (Å²) in [6.45, 7) is 15.1. The first-order chi connectivity index (χ1) is 13.0. The molecule has 28 heavy (non-hydrogen) atoms. The van der Waals surface area contributed by atoms with E-state index in [0.717, 1.165) is 0 Å². The van der Waals surface area contributed by atoms with Gasteiger partial charge in [0.1, 0.15) is 13.2 Å². The monoisotopic (exact) mass is 416 g/mol. The molecular weight excluding hydrogens is 388 g/mol. The lowest BCUT2D eigenvalue weighted by Crippen LogP contribution is -2.06. The molecule has 0 aromatic heterocycles. The third-order valence-electron chi connectivity index (χ3n) is 2.20. The largest absolute Gasteiger partial charge is 0.458 e. The molecule has 0 atom stereocenters. The van der Waals surface area contributed by atoms with Crippen LogP contribution in [0, 0.1) is 0 Å². The molecule has 0 fully saturated rings. The topological polar surface area (TPSA) is 110 Å². The summed E-state index contributed by atoms with van der Waals surface area (Å²) >= 11 is 4.87. The van der Waals surface area contributed by atoms with E-state index in [9.17, 15) is 14.4 Å². The van der Waals surface area contributed by atoms with Crippen LogP contribution in [0.3, 0.4) is 0 Å². The van der Waals surface area contributed by atoms with Gasteiger partial charge in [0.25, 0.3) is 0 Å². The fraction of sp³-hybridized carbons (Fsp3) is 0.350. The van der Waals surface area contributed by atoms with E-state index in [-0.39, 0.29) is 26.4 Å². The number of carbonyl (C=O) groups is 3. The van der Waals surface area contributed by atoms with Gasteiger partial charge in [-0.15, -0.1) is 0 Å². The zero-order valence-corrected chi connectivity index (χ0v) is 17.3.